The van der Waals surface area contributed by atoms with Gasteiger partial charge in [-0.25, -0.2) is 9.55 Å². The number of nitrogens with one attached hydrogen (secondary N) is 1. The van der Waals surface area contributed by atoms with Gasteiger partial charge in [-0.15, -0.1) is 0 Å². The van der Waals surface area contributed by atoms with Crippen LogP contribution in [0.25, 0.3) is 0 Å². The molecule has 2 N–H and O–H groups in total. The fourth-order valence-electron chi connectivity index (χ4n) is 1.01. The van der Waals surface area contributed by atoms with Crippen molar-refractivity contribution in [2.24, 2.45) is 0 Å². The number of aliphatic carboxylic acids is 1. The molecule has 0 bridgehead atoms. The van der Waals surface area contributed by atoms with Crippen molar-refractivity contribution < 1.29 is 19.6 Å². The Balaban J connectivity index is 2.82. The molecule has 1 heterocycles. The van der Waals surface area contributed by atoms with E-state index in [-0.39, 0.29) is 13.2 Å². The van der Waals surface area contributed by atoms with Gasteiger partial charge in [0.25, 0.3) is 5.82 Å². The maximum Gasteiger partial charge on any atom is 0.253 e. The molecule has 0 unspecified atom stereocenters. The largest absolute Gasteiger partial charge is 0.550 e. The number of carboxylic acid groups (broad SMARTS) is 1. The Morgan fingerprint density at radius 3 is 2.92 bits per heavy atom. The van der Waals surface area contributed by atoms with Crippen LogP contribution in [0.2, 0.25) is 0 Å². The number of hydrogen-bond acceptors (Lipinski definition) is 3. The second-order valence-corrected chi connectivity index (χ2v) is 2.52. The molecule has 0 saturated heterocycles. The second kappa shape index (κ2) is 3.36. The monoisotopic (exact) mass is 170 g/mol. The van der Waals surface area contributed by atoms with E-state index in [4.69, 9.17) is 5.11 Å². The lowest BCUT2D eigenvalue weighted by Gasteiger charge is -1.92. The van der Waals surface area contributed by atoms with E-state index in [1.54, 1.807) is 13.1 Å². The Labute approximate surface area is 69.3 Å². The van der Waals surface area contributed by atoms with E-state index >= 15 is 0 Å². The zero-order valence-electron chi connectivity index (χ0n) is 6.70. The molecule has 5 nitrogen and oxygen atoms in total. The van der Waals surface area contributed by atoms with Gasteiger partial charge in [0, 0.05) is 12.9 Å². The van der Waals surface area contributed by atoms with Gasteiger partial charge in [-0.05, 0) is 0 Å². The summed E-state index contributed by atoms with van der Waals surface area (Å²) in [5.41, 5.74) is 0.529. The van der Waals surface area contributed by atoms with Crippen molar-refractivity contribution in [3.05, 3.63) is 17.7 Å². The minimum Gasteiger partial charge on any atom is -0.550 e. The SMILES string of the molecule is Cc1[nH]c(CC(=O)[O-])c[n+]1CO. The van der Waals surface area contributed by atoms with Gasteiger partial charge in [-0.3, -0.25) is 0 Å². The van der Waals surface area contributed by atoms with E-state index in [9.17, 15) is 9.90 Å². The molecular weight excluding hydrogens is 160 g/mol. The van der Waals surface area contributed by atoms with E-state index in [1.165, 1.54) is 4.57 Å². The average Bonchev–Trinajstić information content (AvgIpc) is 2.29. The summed E-state index contributed by atoms with van der Waals surface area (Å²) in [5, 5.41) is 18.9. The number of H-pyrrole nitrogens is 1. The lowest BCUT2D eigenvalue weighted by Crippen LogP contribution is -2.34. The van der Waals surface area contributed by atoms with Gasteiger partial charge >= 0.3 is 0 Å². The number of carboxylic acids is 1. The molecule has 0 amide bonds. The van der Waals surface area contributed by atoms with E-state index in [0.717, 1.165) is 0 Å². The average molecular weight is 170 g/mol. The van der Waals surface area contributed by atoms with E-state index in [2.05, 4.69) is 4.98 Å². The van der Waals surface area contributed by atoms with E-state index in [1.807, 2.05) is 0 Å². The molecule has 0 fully saturated rings. The fourth-order valence-corrected chi connectivity index (χ4v) is 1.01. The quantitative estimate of drug-likeness (QED) is 0.508. The number of carbonyl (C=O) groups excluding carboxylic acids is 1. The topological polar surface area (TPSA) is 80.0 Å². The fraction of sp³-hybridized carbons (Fsp3) is 0.429. The Bertz CT molecular complexity index is 293. The van der Waals surface area contributed by atoms with Crippen LogP contribution < -0.4 is 9.67 Å². The normalized spacial score (nSPS) is 10.2. The molecule has 1 aromatic heterocycles. The van der Waals surface area contributed by atoms with Crippen molar-refractivity contribution in [3.8, 4) is 0 Å². The summed E-state index contributed by atoms with van der Waals surface area (Å²) in [5.74, 6) is -0.421. The van der Waals surface area contributed by atoms with Crippen molar-refractivity contribution in [2.75, 3.05) is 0 Å². The van der Waals surface area contributed by atoms with Gasteiger partial charge in [-0.2, -0.15) is 0 Å². The summed E-state index contributed by atoms with van der Waals surface area (Å²) < 4.78 is 1.51. The van der Waals surface area contributed by atoms with Gasteiger partial charge in [-0.1, -0.05) is 0 Å². The van der Waals surface area contributed by atoms with Crippen molar-refractivity contribution in [3.63, 3.8) is 0 Å². The third-order valence-corrected chi connectivity index (χ3v) is 1.57. The molecule has 0 aliphatic heterocycles. The molecule has 0 aromatic carbocycles. The number of hydrogen-bond donors (Lipinski definition) is 2. The maximum absolute atomic E-state index is 10.2. The first-order valence-corrected chi connectivity index (χ1v) is 3.52. The molecule has 0 atom stereocenters. The first-order valence-electron chi connectivity index (χ1n) is 3.52. The Kier molecular flexibility index (Phi) is 2.44. The highest BCUT2D eigenvalue weighted by atomic mass is 16.4. The highest BCUT2D eigenvalue weighted by Gasteiger charge is 2.09. The molecule has 0 spiro atoms. The number of rotatable bonds is 3. The third kappa shape index (κ3) is 1.82. The first-order chi connectivity index (χ1) is 5.63. The summed E-state index contributed by atoms with van der Waals surface area (Å²) in [6.07, 6.45) is 1.39. The van der Waals surface area contributed by atoms with Crippen LogP contribution in [-0.4, -0.2) is 16.1 Å². The summed E-state index contributed by atoms with van der Waals surface area (Å²) in [4.78, 5) is 13.0. The molecule has 5 heteroatoms. The number of imidazole rings is 1. The number of aromatic nitrogens is 2. The Morgan fingerprint density at radius 2 is 2.50 bits per heavy atom. The van der Waals surface area contributed by atoms with Crippen LogP contribution >= 0.6 is 0 Å². The highest BCUT2D eigenvalue weighted by molar-refractivity contribution is 5.66. The number of aromatic amines is 1. The Morgan fingerprint density at radius 1 is 1.83 bits per heavy atom. The van der Waals surface area contributed by atoms with Gasteiger partial charge < -0.3 is 15.0 Å². The predicted molar refractivity (Wildman–Crippen MR) is 36.7 cm³/mol. The predicted octanol–water partition coefficient (Wildman–Crippen LogP) is -2.15. The molecule has 0 aliphatic carbocycles. The molecule has 0 radical (unpaired) electrons. The van der Waals surface area contributed by atoms with Gasteiger partial charge in [0.2, 0.25) is 0 Å². The molecule has 1 rings (SSSR count). The van der Waals surface area contributed by atoms with Gasteiger partial charge in [0.05, 0.1) is 6.42 Å². The smallest absolute Gasteiger partial charge is 0.253 e. The van der Waals surface area contributed by atoms with Crippen LogP contribution in [0.5, 0.6) is 0 Å². The highest BCUT2D eigenvalue weighted by Crippen LogP contribution is 1.93. The van der Waals surface area contributed by atoms with Crippen LogP contribution in [-0.2, 0) is 17.9 Å². The summed E-state index contributed by atoms with van der Waals surface area (Å²) in [6, 6.07) is 0. The zero-order chi connectivity index (χ0) is 9.14. The van der Waals surface area contributed by atoms with E-state index in [0.29, 0.717) is 11.5 Å². The van der Waals surface area contributed by atoms with Crippen molar-refractivity contribution in [2.45, 2.75) is 20.1 Å². The van der Waals surface area contributed by atoms with Crippen molar-refractivity contribution in [1.82, 2.24) is 4.98 Å². The first kappa shape index (κ1) is 8.73. The lowest BCUT2D eigenvalue weighted by molar-refractivity contribution is -0.734. The van der Waals surface area contributed by atoms with E-state index < -0.39 is 5.97 Å². The summed E-state index contributed by atoms with van der Waals surface area (Å²) in [7, 11) is 0. The van der Waals surface area contributed by atoms with Crippen LogP contribution in [0.3, 0.4) is 0 Å². The van der Waals surface area contributed by atoms with Crippen LogP contribution in [0.4, 0.5) is 0 Å². The zero-order valence-corrected chi connectivity index (χ0v) is 6.70. The Hall–Kier alpha value is -1.36. The van der Waals surface area contributed by atoms with Crippen molar-refractivity contribution >= 4 is 5.97 Å². The number of aryl methyl sites for hydroxylation is 1. The molecule has 1 aromatic rings. The minimum atomic E-state index is -1.14. The number of carbonyl (C=O) groups is 1. The number of aliphatic hydroxyl groups is 1. The number of aliphatic hydroxyl groups excluding tert-OH is 1. The number of nitrogens with zero attached hydrogens (tertiary/aromatic N) is 1. The molecule has 0 saturated carbocycles. The summed E-state index contributed by atoms with van der Waals surface area (Å²) in [6.45, 7) is 1.59. The van der Waals surface area contributed by atoms with Crippen LogP contribution in [0, 0.1) is 6.92 Å². The van der Waals surface area contributed by atoms with Crippen molar-refractivity contribution in [1.29, 1.82) is 0 Å². The molecule has 66 valence electrons. The second-order valence-electron chi connectivity index (χ2n) is 2.52. The standard InChI is InChI=1S/C7H10N2O3/c1-5-8-6(2-7(11)12)3-9(5)4-10/h3,10H,2,4H2,1H3,(H,11,12). The molecule has 0 aliphatic rings. The van der Waals surface area contributed by atoms with Crippen LogP contribution in [0.15, 0.2) is 6.20 Å². The third-order valence-electron chi connectivity index (χ3n) is 1.57. The van der Waals surface area contributed by atoms with Crippen LogP contribution in [0.1, 0.15) is 11.5 Å². The lowest BCUT2D eigenvalue weighted by atomic mass is 10.3. The molecule has 12 heavy (non-hydrogen) atoms. The summed E-state index contributed by atoms with van der Waals surface area (Å²) >= 11 is 0. The molecular formula is C7H10N2O3. The van der Waals surface area contributed by atoms with Gasteiger partial charge in [0.1, 0.15) is 11.9 Å². The minimum absolute atomic E-state index is 0.157. The van der Waals surface area contributed by atoms with Gasteiger partial charge in [0.15, 0.2) is 6.73 Å². The maximum atomic E-state index is 10.2.